The first-order chi connectivity index (χ1) is 9.16. The van der Waals surface area contributed by atoms with Crippen molar-refractivity contribution < 1.29 is 4.79 Å². The van der Waals surface area contributed by atoms with Gasteiger partial charge in [-0.15, -0.1) is 11.3 Å². The zero-order valence-electron chi connectivity index (χ0n) is 11.6. The molecule has 0 bridgehead atoms. The van der Waals surface area contributed by atoms with E-state index in [0.29, 0.717) is 12.3 Å². The molecule has 0 spiro atoms. The van der Waals surface area contributed by atoms with Crippen LogP contribution in [-0.4, -0.2) is 12.5 Å². The van der Waals surface area contributed by atoms with Gasteiger partial charge in [0.1, 0.15) is 0 Å². The smallest absolute Gasteiger partial charge is 0.220 e. The molecule has 0 saturated heterocycles. The molecule has 0 aliphatic carbocycles. The summed E-state index contributed by atoms with van der Waals surface area (Å²) in [6.07, 6.45) is 2.52. The number of hydrogen-bond acceptors (Lipinski definition) is 2. The number of rotatable bonds is 6. The lowest BCUT2D eigenvalue weighted by Crippen LogP contribution is -2.25. The summed E-state index contributed by atoms with van der Waals surface area (Å²) < 4.78 is 1.32. The molecule has 0 radical (unpaired) electrons. The van der Waals surface area contributed by atoms with E-state index >= 15 is 0 Å². The van der Waals surface area contributed by atoms with Crippen LogP contribution >= 0.6 is 11.3 Å². The molecule has 1 N–H and O–H groups in total. The van der Waals surface area contributed by atoms with Gasteiger partial charge in [0.15, 0.2) is 0 Å². The maximum Gasteiger partial charge on any atom is 0.220 e. The first kappa shape index (κ1) is 14.1. The lowest BCUT2D eigenvalue weighted by atomic mass is 10.1. The summed E-state index contributed by atoms with van der Waals surface area (Å²) in [4.78, 5) is 11.6. The Morgan fingerprint density at radius 2 is 2.11 bits per heavy atom. The minimum Gasteiger partial charge on any atom is -0.356 e. The molecule has 1 amide bonds. The van der Waals surface area contributed by atoms with E-state index in [-0.39, 0.29) is 5.91 Å². The van der Waals surface area contributed by atoms with E-state index in [1.807, 2.05) is 0 Å². The van der Waals surface area contributed by atoms with Crippen LogP contribution in [0, 0.1) is 5.92 Å². The number of carbonyl (C=O) groups excluding carboxylic acids is 1. The molecular weight excluding hydrogens is 254 g/mol. The second-order valence-corrected chi connectivity index (χ2v) is 6.20. The molecule has 19 heavy (non-hydrogen) atoms. The maximum absolute atomic E-state index is 11.6. The Morgan fingerprint density at radius 3 is 2.89 bits per heavy atom. The van der Waals surface area contributed by atoms with Crippen molar-refractivity contribution in [2.24, 2.45) is 5.92 Å². The molecular formula is C16H21NOS. The third kappa shape index (κ3) is 4.06. The summed E-state index contributed by atoms with van der Waals surface area (Å²) in [6.45, 7) is 5.02. The third-order valence-electron chi connectivity index (χ3n) is 3.23. The SMILES string of the molecule is CC(C)CCC(=O)NCCc1csc2ccccc12. The van der Waals surface area contributed by atoms with Gasteiger partial charge in [-0.1, -0.05) is 32.0 Å². The summed E-state index contributed by atoms with van der Waals surface area (Å²) in [7, 11) is 0. The van der Waals surface area contributed by atoms with Gasteiger partial charge in [0.05, 0.1) is 0 Å². The predicted octanol–water partition coefficient (Wildman–Crippen LogP) is 4.00. The predicted molar refractivity (Wildman–Crippen MR) is 82.6 cm³/mol. The fourth-order valence-electron chi connectivity index (χ4n) is 2.07. The van der Waals surface area contributed by atoms with Crippen LogP contribution in [0.5, 0.6) is 0 Å². The van der Waals surface area contributed by atoms with Gasteiger partial charge in [-0.05, 0) is 41.2 Å². The van der Waals surface area contributed by atoms with Gasteiger partial charge < -0.3 is 5.32 Å². The van der Waals surface area contributed by atoms with E-state index in [9.17, 15) is 4.79 Å². The van der Waals surface area contributed by atoms with Crippen LogP contribution in [0.4, 0.5) is 0 Å². The quantitative estimate of drug-likeness (QED) is 0.848. The summed E-state index contributed by atoms with van der Waals surface area (Å²) in [6, 6.07) is 8.43. The Morgan fingerprint density at radius 1 is 1.32 bits per heavy atom. The zero-order chi connectivity index (χ0) is 13.7. The summed E-state index contributed by atoms with van der Waals surface area (Å²) >= 11 is 1.77. The molecule has 0 aliphatic rings. The maximum atomic E-state index is 11.6. The monoisotopic (exact) mass is 275 g/mol. The zero-order valence-corrected chi connectivity index (χ0v) is 12.4. The highest BCUT2D eigenvalue weighted by Gasteiger charge is 2.05. The molecule has 0 unspecified atom stereocenters. The second kappa shape index (κ2) is 6.71. The fraction of sp³-hybridized carbons (Fsp3) is 0.438. The Balaban J connectivity index is 1.81. The molecule has 0 aliphatic heterocycles. The van der Waals surface area contributed by atoms with Crippen molar-refractivity contribution in [1.82, 2.24) is 5.32 Å². The van der Waals surface area contributed by atoms with Gasteiger partial charge >= 0.3 is 0 Å². The normalized spacial score (nSPS) is 11.1. The van der Waals surface area contributed by atoms with Gasteiger partial charge in [0.25, 0.3) is 0 Å². The van der Waals surface area contributed by atoms with E-state index in [1.54, 1.807) is 11.3 Å². The number of benzene rings is 1. The van der Waals surface area contributed by atoms with Crippen molar-refractivity contribution >= 4 is 27.3 Å². The summed E-state index contributed by atoms with van der Waals surface area (Å²) in [5, 5.41) is 6.53. The topological polar surface area (TPSA) is 29.1 Å². The van der Waals surface area contributed by atoms with Crippen molar-refractivity contribution in [3.63, 3.8) is 0 Å². The van der Waals surface area contributed by atoms with Crippen LogP contribution in [0.3, 0.4) is 0 Å². The third-order valence-corrected chi connectivity index (χ3v) is 4.24. The first-order valence-corrected chi connectivity index (χ1v) is 7.76. The summed E-state index contributed by atoms with van der Waals surface area (Å²) in [5.74, 6) is 0.764. The average molecular weight is 275 g/mol. The van der Waals surface area contributed by atoms with Crippen molar-refractivity contribution in [1.29, 1.82) is 0 Å². The number of amides is 1. The Hall–Kier alpha value is -1.35. The van der Waals surface area contributed by atoms with Gasteiger partial charge in [-0.2, -0.15) is 0 Å². The molecule has 2 aromatic rings. The van der Waals surface area contributed by atoms with Gasteiger partial charge in [0, 0.05) is 17.7 Å². The van der Waals surface area contributed by atoms with Crippen LogP contribution in [0.1, 0.15) is 32.3 Å². The van der Waals surface area contributed by atoms with Crippen LogP contribution < -0.4 is 5.32 Å². The lowest BCUT2D eigenvalue weighted by molar-refractivity contribution is -0.121. The first-order valence-electron chi connectivity index (χ1n) is 6.88. The highest BCUT2D eigenvalue weighted by Crippen LogP contribution is 2.25. The molecule has 3 heteroatoms. The van der Waals surface area contributed by atoms with E-state index in [4.69, 9.17) is 0 Å². The number of nitrogens with one attached hydrogen (secondary N) is 1. The average Bonchev–Trinajstić information content (AvgIpc) is 2.80. The van der Waals surface area contributed by atoms with Crippen LogP contribution in [0.2, 0.25) is 0 Å². The Labute approximate surface area is 118 Å². The molecule has 1 heterocycles. The number of thiophene rings is 1. The Kier molecular flexibility index (Phi) is 4.97. The Bertz CT molecular complexity index is 544. The second-order valence-electron chi connectivity index (χ2n) is 5.29. The minimum atomic E-state index is 0.174. The molecule has 2 nitrogen and oxygen atoms in total. The highest BCUT2D eigenvalue weighted by atomic mass is 32.1. The molecule has 1 aromatic heterocycles. The molecule has 102 valence electrons. The molecule has 0 fully saturated rings. The number of hydrogen-bond donors (Lipinski definition) is 1. The van der Waals surface area contributed by atoms with E-state index in [1.165, 1.54) is 15.6 Å². The van der Waals surface area contributed by atoms with Gasteiger partial charge in [-0.3, -0.25) is 4.79 Å². The molecule has 1 aromatic carbocycles. The van der Waals surface area contributed by atoms with Crippen LogP contribution in [-0.2, 0) is 11.2 Å². The van der Waals surface area contributed by atoms with E-state index in [2.05, 4.69) is 48.8 Å². The van der Waals surface area contributed by atoms with Crippen molar-refractivity contribution in [2.45, 2.75) is 33.1 Å². The van der Waals surface area contributed by atoms with E-state index < -0.39 is 0 Å². The molecule has 0 saturated carbocycles. The molecule has 2 rings (SSSR count). The summed E-state index contributed by atoms with van der Waals surface area (Å²) in [5.41, 5.74) is 1.34. The fourth-order valence-corrected chi connectivity index (χ4v) is 3.07. The van der Waals surface area contributed by atoms with Crippen molar-refractivity contribution in [3.8, 4) is 0 Å². The number of carbonyl (C=O) groups is 1. The van der Waals surface area contributed by atoms with Gasteiger partial charge in [-0.25, -0.2) is 0 Å². The molecule has 0 atom stereocenters. The van der Waals surface area contributed by atoms with Crippen molar-refractivity contribution in [3.05, 3.63) is 35.2 Å². The highest BCUT2D eigenvalue weighted by molar-refractivity contribution is 7.17. The van der Waals surface area contributed by atoms with Gasteiger partial charge in [0.2, 0.25) is 5.91 Å². The van der Waals surface area contributed by atoms with Crippen LogP contribution in [0.15, 0.2) is 29.6 Å². The van der Waals surface area contributed by atoms with Crippen molar-refractivity contribution in [2.75, 3.05) is 6.54 Å². The minimum absolute atomic E-state index is 0.174. The van der Waals surface area contributed by atoms with E-state index in [0.717, 1.165) is 19.4 Å². The van der Waals surface area contributed by atoms with Crippen LogP contribution in [0.25, 0.3) is 10.1 Å². The number of fused-ring (bicyclic) bond motifs is 1. The largest absolute Gasteiger partial charge is 0.356 e. The standard InChI is InChI=1S/C16H21NOS/c1-12(2)7-8-16(18)17-10-9-13-11-19-15-6-4-3-5-14(13)15/h3-6,11-12H,7-10H2,1-2H3,(H,17,18). The lowest BCUT2D eigenvalue weighted by Gasteiger charge is -2.06.